The molecule has 120 valence electrons. The van der Waals surface area contributed by atoms with Gasteiger partial charge in [-0.25, -0.2) is 4.79 Å². The van der Waals surface area contributed by atoms with Crippen molar-refractivity contribution in [2.24, 2.45) is 5.73 Å². The first-order valence-corrected chi connectivity index (χ1v) is 7.54. The van der Waals surface area contributed by atoms with E-state index in [0.717, 1.165) is 0 Å². The molecule has 1 aliphatic heterocycles. The Kier molecular flexibility index (Phi) is 5.19. The number of methoxy groups -OCH3 is 1. The van der Waals surface area contributed by atoms with Gasteiger partial charge in [-0.1, -0.05) is 36.2 Å². The molecule has 1 aromatic rings. The summed E-state index contributed by atoms with van der Waals surface area (Å²) in [5.74, 6) is -0.971. The summed E-state index contributed by atoms with van der Waals surface area (Å²) in [7, 11) is 1.27. The van der Waals surface area contributed by atoms with Crippen LogP contribution >= 0.6 is 23.2 Å². The maximum Gasteiger partial charge on any atom is 0.338 e. The number of allylic oxidation sites excluding steroid dienone is 2. The third-order valence-electron chi connectivity index (χ3n) is 3.50. The molecule has 0 saturated heterocycles. The number of esters is 1. The summed E-state index contributed by atoms with van der Waals surface area (Å²) in [5.41, 5.74) is 6.81. The predicted octanol–water partition coefficient (Wildman–Crippen LogP) is 3.64. The van der Waals surface area contributed by atoms with Gasteiger partial charge < -0.3 is 15.2 Å². The van der Waals surface area contributed by atoms with Crippen LogP contribution in [-0.2, 0) is 14.3 Å². The Labute approximate surface area is 143 Å². The largest absolute Gasteiger partial charge is 0.466 e. The average molecular weight is 353 g/mol. The first-order chi connectivity index (χ1) is 10.9. The topological polar surface area (TPSA) is 85.3 Å². The standard InChI is InChI=1S/C16H14Cl2N2O3/c1-3-12-14(16(21)22-2)13(9(7-19)15(20)23-12)8-4-5-10(17)11(18)6-8/h4-6,13H,3,20H2,1-2H3/t13-/m1/s1. The molecule has 0 fully saturated rings. The van der Waals surface area contributed by atoms with Crippen molar-refractivity contribution in [3.8, 4) is 6.07 Å². The van der Waals surface area contributed by atoms with Crippen molar-refractivity contribution in [3.63, 3.8) is 0 Å². The summed E-state index contributed by atoms with van der Waals surface area (Å²) in [5, 5.41) is 10.1. The monoisotopic (exact) mass is 352 g/mol. The first kappa shape index (κ1) is 17.2. The van der Waals surface area contributed by atoms with Crippen molar-refractivity contribution < 1.29 is 14.3 Å². The lowest BCUT2D eigenvalue weighted by Crippen LogP contribution is -2.25. The highest BCUT2D eigenvalue weighted by molar-refractivity contribution is 6.42. The minimum absolute atomic E-state index is 0.0342. The number of carbonyl (C=O) groups excluding carboxylic acids is 1. The average Bonchev–Trinajstić information content (AvgIpc) is 2.55. The SMILES string of the molecule is CCC1=C(C(=O)OC)[C@H](c2ccc(Cl)c(Cl)c2)C(C#N)=C(N)O1. The van der Waals surface area contributed by atoms with E-state index in [-0.39, 0.29) is 17.0 Å². The molecule has 1 aromatic carbocycles. The van der Waals surface area contributed by atoms with Gasteiger partial charge in [0.05, 0.1) is 28.6 Å². The molecular weight excluding hydrogens is 339 g/mol. The number of nitriles is 1. The van der Waals surface area contributed by atoms with Gasteiger partial charge >= 0.3 is 5.97 Å². The zero-order valence-corrected chi connectivity index (χ0v) is 14.0. The Morgan fingerprint density at radius 3 is 2.65 bits per heavy atom. The molecule has 0 bridgehead atoms. The van der Waals surface area contributed by atoms with E-state index < -0.39 is 11.9 Å². The van der Waals surface area contributed by atoms with E-state index in [4.69, 9.17) is 38.4 Å². The van der Waals surface area contributed by atoms with Crippen LogP contribution in [0.4, 0.5) is 0 Å². The van der Waals surface area contributed by atoms with Crippen LogP contribution in [0.15, 0.2) is 41.0 Å². The quantitative estimate of drug-likeness (QED) is 0.839. The zero-order valence-electron chi connectivity index (χ0n) is 12.5. The van der Waals surface area contributed by atoms with Crippen molar-refractivity contribution in [1.29, 1.82) is 5.26 Å². The Hall–Kier alpha value is -2.16. The molecule has 0 aliphatic carbocycles. The van der Waals surface area contributed by atoms with Gasteiger partial charge in [0.25, 0.3) is 0 Å². The molecule has 0 radical (unpaired) electrons. The lowest BCUT2D eigenvalue weighted by Gasteiger charge is -2.27. The Morgan fingerprint density at radius 2 is 2.13 bits per heavy atom. The van der Waals surface area contributed by atoms with Gasteiger partial charge in [-0.05, 0) is 17.7 Å². The fourth-order valence-corrected chi connectivity index (χ4v) is 2.75. The summed E-state index contributed by atoms with van der Waals surface area (Å²) in [4.78, 5) is 12.2. The van der Waals surface area contributed by atoms with Crippen LogP contribution in [-0.4, -0.2) is 13.1 Å². The van der Waals surface area contributed by atoms with E-state index in [1.807, 2.05) is 13.0 Å². The molecule has 0 aromatic heterocycles. The van der Waals surface area contributed by atoms with Gasteiger partial charge in [-0.15, -0.1) is 0 Å². The van der Waals surface area contributed by atoms with Crippen LogP contribution in [0.3, 0.4) is 0 Å². The lowest BCUT2D eigenvalue weighted by atomic mass is 9.82. The van der Waals surface area contributed by atoms with Crippen LogP contribution in [0, 0.1) is 11.3 Å². The van der Waals surface area contributed by atoms with E-state index in [0.29, 0.717) is 27.8 Å². The fourth-order valence-electron chi connectivity index (χ4n) is 2.44. The first-order valence-electron chi connectivity index (χ1n) is 6.78. The van der Waals surface area contributed by atoms with Crippen LogP contribution in [0.5, 0.6) is 0 Å². The number of carbonyl (C=O) groups is 1. The molecule has 1 aliphatic rings. The van der Waals surface area contributed by atoms with E-state index in [2.05, 4.69) is 0 Å². The highest BCUT2D eigenvalue weighted by Gasteiger charge is 2.37. The van der Waals surface area contributed by atoms with Gasteiger partial charge in [0.1, 0.15) is 17.4 Å². The van der Waals surface area contributed by atoms with Crippen molar-refractivity contribution in [3.05, 3.63) is 56.6 Å². The number of rotatable bonds is 3. The summed E-state index contributed by atoms with van der Waals surface area (Å²) < 4.78 is 10.3. The summed E-state index contributed by atoms with van der Waals surface area (Å²) in [6, 6.07) is 6.88. The van der Waals surface area contributed by atoms with E-state index in [1.165, 1.54) is 7.11 Å². The molecule has 0 saturated carbocycles. The van der Waals surface area contributed by atoms with E-state index >= 15 is 0 Å². The van der Waals surface area contributed by atoms with Crippen LogP contribution in [0.25, 0.3) is 0 Å². The van der Waals surface area contributed by atoms with Crippen LogP contribution in [0.2, 0.25) is 10.0 Å². The highest BCUT2D eigenvalue weighted by atomic mass is 35.5. The van der Waals surface area contributed by atoms with Gasteiger partial charge in [0.2, 0.25) is 5.88 Å². The lowest BCUT2D eigenvalue weighted by molar-refractivity contribution is -0.136. The van der Waals surface area contributed by atoms with E-state index in [9.17, 15) is 10.1 Å². The molecule has 2 N–H and O–H groups in total. The fraction of sp³-hybridized carbons (Fsp3) is 0.250. The second-order valence-electron chi connectivity index (χ2n) is 4.78. The number of benzene rings is 1. The predicted molar refractivity (Wildman–Crippen MR) is 86.4 cm³/mol. The zero-order chi connectivity index (χ0) is 17.1. The Balaban J connectivity index is 2.71. The number of nitrogens with zero attached hydrogens (tertiary/aromatic N) is 1. The van der Waals surface area contributed by atoms with Crippen molar-refractivity contribution in [1.82, 2.24) is 0 Å². The molecule has 0 amide bonds. The van der Waals surface area contributed by atoms with Gasteiger partial charge in [0, 0.05) is 6.42 Å². The second-order valence-corrected chi connectivity index (χ2v) is 5.59. The van der Waals surface area contributed by atoms with E-state index in [1.54, 1.807) is 18.2 Å². The van der Waals surface area contributed by atoms with Crippen molar-refractivity contribution >= 4 is 29.2 Å². The normalized spacial score (nSPS) is 17.6. The number of ether oxygens (including phenoxy) is 2. The van der Waals surface area contributed by atoms with Crippen molar-refractivity contribution in [2.45, 2.75) is 19.3 Å². The highest BCUT2D eigenvalue weighted by Crippen LogP contribution is 2.41. The summed E-state index contributed by atoms with van der Waals surface area (Å²) >= 11 is 12.0. The summed E-state index contributed by atoms with van der Waals surface area (Å²) in [6.07, 6.45) is 0.418. The molecule has 0 unspecified atom stereocenters. The summed E-state index contributed by atoms with van der Waals surface area (Å²) in [6.45, 7) is 1.81. The molecule has 0 spiro atoms. The Morgan fingerprint density at radius 1 is 1.43 bits per heavy atom. The number of halogens is 2. The molecule has 1 atom stereocenters. The van der Waals surface area contributed by atoms with Gasteiger partial charge in [-0.2, -0.15) is 5.26 Å². The minimum Gasteiger partial charge on any atom is -0.466 e. The molecule has 1 heterocycles. The van der Waals surface area contributed by atoms with Crippen LogP contribution < -0.4 is 5.73 Å². The third kappa shape index (κ3) is 3.14. The second kappa shape index (κ2) is 6.95. The Bertz CT molecular complexity index is 763. The maximum absolute atomic E-state index is 12.2. The van der Waals surface area contributed by atoms with Gasteiger partial charge in [0.15, 0.2) is 0 Å². The number of hydrogen-bond donors (Lipinski definition) is 1. The third-order valence-corrected chi connectivity index (χ3v) is 4.24. The molecule has 2 rings (SSSR count). The minimum atomic E-state index is -0.717. The molecule has 5 nitrogen and oxygen atoms in total. The van der Waals surface area contributed by atoms with Crippen LogP contribution in [0.1, 0.15) is 24.8 Å². The number of hydrogen-bond acceptors (Lipinski definition) is 5. The van der Waals surface area contributed by atoms with Gasteiger partial charge in [-0.3, -0.25) is 0 Å². The molecule has 23 heavy (non-hydrogen) atoms. The molecule has 7 heteroatoms. The number of nitrogens with two attached hydrogens (primary N) is 1. The maximum atomic E-state index is 12.2. The smallest absolute Gasteiger partial charge is 0.338 e. The molecular formula is C16H14Cl2N2O3. The van der Waals surface area contributed by atoms with Crippen molar-refractivity contribution in [2.75, 3.05) is 7.11 Å².